The van der Waals surface area contributed by atoms with E-state index in [4.69, 9.17) is 22.0 Å². The van der Waals surface area contributed by atoms with Crippen LogP contribution in [0.2, 0.25) is 5.02 Å². The predicted molar refractivity (Wildman–Crippen MR) is 75.4 cm³/mol. The van der Waals surface area contributed by atoms with Crippen molar-refractivity contribution in [2.75, 3.05) is 5.32 Å². The summed E-state index contributed by atoms with van der Waals surface area (Å²) in [5, 5.41) is 20.6. The van der Waals surface area contributed by atoms with E-state index in [-0.39, 0.29) is 10.6 Å². The zero-order chi connectivity index (χ0) is 15.5. The molecule has 1 unspecified atom stereocenters. The molecule has 106 valence electrons. The highest BCUT2D eigenvalue weighted by atomic mass is 35.5. The lowest BCUT2D eigenvalue weighted by molar-refractivity contribution is -0.149. The Hall–Kier alpha value is -2.06. The van der Waals surface area contributed by atoms with Crippen LogP contribution in [-0.2, 0) is 9.59 Å². The molecule has 5 nitrogen and oxygen atoms in total. The van der Waals surface area contributed by atoms with Crippen LogP contribution in [0.25, 0.3) is 0 Å². The molecule has 0 aliphatic rings. The molecule has 1 atom stereocenters. The maximum absolute atomic E-state index is 12.1. The number of aliphatic carboxylic acids is 1. The lowest BCUT2D eigenvalue weighted by Gasteiger charge is -2.25. The largest absolute Gasteiger partial charge is 0.481 e. The van der Waals surface area contributed by atoms with Gasteiger partial charge in [-0.1, -0.05) is 32.4 Å². The third-order valence-electron chi connectivity index (χ3n) is 2.73. The van der Waals surface area contributed by atoms with Gasteiger partial charge >= 0.3 is 5.97 Å². The van der Waals surface area contributed by atoms with Crippen LogP contribution in [0.1, 0.15) is 26.3 Å². The molecule has 0 fully saturated rings. The topological polar surface area (TPSA) is 90.2 Å². The molecule has 0 radical (unpaired) electrons. The fourth-order valence-corrected chi connectivity index (χ4v) is 2.00. The molecule has 0 spiro atoms. The molecule has 1 aromatic rings. The second-order valence-electron chi connectivity index (χ2n) is 5.43. The van der Waals surface area contributed by atoms with Gasteiger partial charge in [0, 0.05) is 5.69 Å². The van der Waals surface area contributed by atoms with Gasteiger partial charge < -0.3 is 10.4 Å². The normalized spacial score (nSPS) is 12.3. The fourth-order valence-electron chi connectivity index (χ4n) is 1.77. The number of hydrogen-bond donors (Lipinski definition) is 2. The van der Waals surface area contributed by atoms with Crippen LogP contribution < -0.4 is 5.32 Å². The molecule has 0 saturated heterocycles. The number of carboxylic acids is 1. The second kappa shape index (κ2) is 5.93. The van der Waals surface area contributed by atoms with Crippen molar-refractivity contribution in [1.82, 2.24) is 0 Å². The number of carbonyl (C=O) groups excluding carboxylic acids is 1. The number of benzene rings is 1. The maximum Gasteiger partial charge on any atom is 0.316 e. The van der Waals surface area contributed by atoms with Crippen LogP contribution in [0, 0.1) is 22.7 Å². The van der Waals surface area contributed by atoms with Gasteiger partial charge in [0.2, 0.25) is 5.91 Å². The van der Waals surface area contributed by atoms with Gasteiger partial charge in [-0.3, -0.25) is 9.59 Å². The van der Waals surface area contributed by atoms with Crippen molar-refractivity contribution in [3.8, 4) is 6.07 Å². The van der Waals surface area contributed by atoms with Crippen LogP contribution in [0.3, 0.4) is 0 Å². The average molecular weight is 295 g/mol. The van der Waals surface area contributed by atoms with Gasteiger partial charge in [-0.2, -0.15) is 5.26 Å². The first-order chi connectivity index (χ1) is 9.16. The Labute approximate surface area is 122 Å². The molecule has 0 heterocycles. The number of rotatable bonds is 3. The van der Waals surface area contributed by atoms with Gasteiger partial charge in [0.25, 0.3) is 0 Å². The summed E-state index contributed by atoms with van der Waals surface area (Å²) in [5.41, 5.74) is -0.0727. The van der Waals surface area contributed by atoms with Gasteiger partial charge in [-0.25, -0.2) is 0 Å². The van der Waals surface area contributed by atoms with Gasteiger partial charge in [-0.05, 0) is 23.6 Å². The third-order valence-corrected chi connectivity index (χ3v) is 3.04. The Kier molecular flexibility index (Phi) is 4.74. The molecular weight excluding hydrogens is 280 g/mol. The first-order valence-corrected chi connectivity index (χ1v) is 6.28. The maximum atomic E-state index is 12.1. The third kappa shape index (κ3) is 3.72. The minimum Gasteiger partial charge on any atom is -0.481 e. The zero-order valence-corrected chi connectivity index (χ0v) is 12.2. The summed E-state index contributed by atoms with van der Waals surface area (Å²) < 4.78 is 0. The molecular formula is C14H15ClN2O3. The van der Waals surface area contributed by atoms with Crippen LogP contribution in [-0.4, -0.2) is 17.0 Å². The lowest BCUT2D eigenvalue weighted by Crippen LogP contribution is -2.39. The number of carbonyl (C=O) groups is 2. The van der Waals surface area contributed by atoms with Crippen molar-refractivity contribution in [2.45, 2.75) is 20.8 Å². The van der Waals surface area contributed by atoms with E-state index in [9.17, 15) is 9.59 Å². The van der Waals surface area contributed by atoms with E-state index in [1.165, 1.54) is 18.2 Å². The highest BCUT2D eigenvalue weighted by Gasteiger charge is 2.37. The number of carboxylic acid groups (broad SMARTS) is 1. The molecule has 0 saturated carbocycles. The molecule has 1 aromatic carbocycles. The SMILES string of the molecule is CC(C)(C)C(C(=O)O)C(=O)Nc1ccc(C#N)c(Cl)c1. The number of nitrogens with one attached hydrogen (secondary N) is 1. The summed E-state index contributed by atoms with van der Waals surface area (Å²) in [7, 11) is 0. The highest BCUT2D eigenvalue weighted by Crippen LogP contribution is 2.28. The summed E-state index contributed by atoms with van der Waals surface area (Å²) in [5.74, 6) is -2.99. The highest BCUT2D eigenvalue weighted by molar-refractivity contribution is 6.32. The standard InChI is InChI=1S/C14H15ClN2O3/c1-14(2,3)11(13(19)20)12(18)17-9-5-4-8(7-16)10(15)6-9/h4-6,11H,1-3H3,(H,17,18)(H,19,20). The Morgan fingerprint density at radius 1 is 1.40 bits per heavy atom. The van der Waals surface area contributed by atoms with E-state index in [1.54, 1.807) is 20.8 Å². The Morgan fingerprint density at radius 3 is 2.40 bits per heavy atom. The molecule has 0 aromatic heterocycles. The van der Waals surface area contributed by atoms with Crippen molar-refractivity contribution in [3.05, 3.63) is 28.8 Å². The fraction of sp³-hybridized carbons (Fsp3) is 0.357. The number of anilines is 1. The van der Waals surface area contributed by atoms with Gasteiger partial charge in [-0.15, -0.1) is 0 Å². The monoisotopic (exact) mass is 294 g/mol. The molecule has 1 amide bonds. The molecule has 0 aliphatic carbocycles. The van der Waals surface area contributed by atoms with Crippen molar-refractivity contribution < 1.29 is 14.7 Å². The van der Waals surface area contributed by atoms with Crippen LogP contribution in [0.4, 0.5) is 5.69 Å². The minimum absolute atomic E-state index is 0.202. The van der Waals surface area contributed by atoms with Crippen molar-refractivity contribution >= 4 is 29.2 Å². The molecule has 20 heavy (non-hydrogen) atoms. The first-order valence-electron chi connectivity index (χ1n) is 5.90. The van der Waals surface area contributed by atoms with Crippen molar-refractivity contribution in [1.29, 1.82) is 5.26 Å². The lowest BCUT2D eigenvalue weighted by atomic mass is 9.80. The Bertz CT molecular complexity index is 585. The van der Waals surface area contributed by atoms with E-state index in [2.05, 4.69) is 5.32 Å². The van der Waals surface area contributed by atoms with E-state index in [0.717, 1.165) is 0 Å². The molecule has 6 heteroatoms. The van der Waals surface area contributed by atoms with Crippen molar-refractivity contribution in [2.24, 2.45) is 11.3 Å². The van der Waals surface area contributed by atoms with Crippen molar-refractivity contribution in [3.63, 3.8) is 0 Å². The van der Waals surface area contributed by atoms with Crippen LogP contribution in [0.5, 0.6) is 0 Å². The molecule has 0 bridgehead atoms. The zero-order valence-electron chi connectivity index (χ0n) is 11.4. The molecule has 0 aliphatic heterocycles. The van der Waals surface area contributed by atoms with E-state index in [0.29, 0.717) is 5.69 Å². The van der Waals surface area contributed by atoms with E-state index in [1.807, 2.05) is 6.07 Å². The quantitative estimate of drug-likeness (QED) is 0.839. The number of halogens is 1. The van der Waals surface area contributed by atoms with E-state index >= 15 is 0 Å². The smallest absolute Gasteiger partial charge is 0.316 e. The Balaban J connectivity index is 2.98. The minimum atomic E-state index is -1.19. The first kappa shape index (κ1) is 16.0. The number of amides is 1. The Morgan fingerprint density at radius 2 is 2.00 bits per heavy atom. The predicted octanol–water partition coefficient (Wildman–Crippen LogP) is 2.90. The summed E-state index contributed by atoms with van der Waals surface area (Å²) in [4.78, 5) is 23.3. The summed E-state index contributed by atoms with van der Waals surface area (Å²) in [6.45, 7) is 5.03. The summed E-state index contributed by atoms with van der Waals surface area (Å²) in [6, 6.07) is 6.29. The van der Waals surface area contributed by atoms with Gasteiger partial charge in [0.05, 0.1) is 10.6 Å². The second-order valence-corrected chi connectivity index (χ2v) is 5.84. The summed E-state index contributed by atoms with van der Waals surface area (Å²) in [6.07, 6.45) is 0. The van der Waals surface area contributed by atoms with Crippen LogP contribution in [0.15, 0.2) is 18.2 Å². The van der Waals surface area contributed by atoms with Gasteiger partial charge in [0.1, 0.15) is 12.0 Å². The van der Waals surface area contributed by atoms with Gasteiger partial charge in [0.15, 0.2) is 0 Å². The van der Waals surface area contributed by atoms with E-state index < -0.39 is 23.2 Å². The summed E-state index contributed by atoms with van der Waals surface area (Å²) >= 11 is 5.85. The molecule has 1 rings (SSSR count). The van der Waals surface area contributed by atoms with Crippen LogP contribution >= 0.6 is 11.6 Å². The average Bonchev–Trinajstić information content (AvgIpc) is 2.26. The molecule has 2 N–H and O–H groups in total. The number of nitriles is 1. The number of nitrogens with zero attached hydrogens (tertiary/aromatic N) is 1. The number of hydrogen-bond acceptors (Lipinski definition) is 3.